The molecule has 0 aliphatic rings. The molecule has 1 atom stereocenters. The van der Waals surface area contributed by atoms with Crippen LogP contribution in [0.15, 0.2) is 29.6 Å². The van der Waals surface area contributed by atoms with Gasteiger partial charge in [0.2, 0.25) is 0 Å². The summed E-state index contributed by atoms with van der Waals surface area (Å²) in [5.41, 5.74) is 0.754. The van der Waals surface area contributed by atoms with Crippen molar-refractivity contribution in [3.8, 4) is 5.75 Å². The molecular formula is C15H17ClFNOS. The van der Waals surface area contributed by atoms with Crippen molar-refractivity contribution >= 4 is 22.9 Å². The third-order valence-corrected chi connectivity index (χ3v) is 4.30. The highest BCUT2D eigenvalue weighted by Crippen LogP contribution is 2.34. The first-order valence-corrected chi connectivity index (χ1v) is 7.72. The van der Waals surface area contributed by atoms with E-state index in [1.165, 1.54) is 12.1 Å². The molecular weight excluding hydrogens is 297 g/mol. The first-order valence-electron chi connectivity index (χ1n) is 6.46. The molecule has 1 heterocycles. The van der Waals surface area contributed by atoms with Crippen LogP contribution in [0.2, 0.25) is 5.02 Å². The molecule has 0 saturated carbocycles. The molecule has 0 aliphatic carbocycles. The standard InChI is InChI=1S/C15H17ClFNOS/c1-3-6-18-15(14-8-11(19-2)9-20-14)12-7-10(17)4-5-13(12)16/h4-5,7-9,15,18H,3,6H2,1-2H3. The molecule has 2 aromatic rings. The van der Waals surface area contributed by atoms with Crippen LogP contribution in [-0.4, -0.2) is 13.7 Å². The Kier molecular flexibility index (Phi) is 5.40. The van der Waals surface area contributed by atoms with Crippen LogP contribution in [0, 0.1) is 5.82 Å². The molecule has 2 nitrogen and oxygen atoms in total. The minimum atomic E-state index is -0.281. The van der Waals surface area contributed by atoms with Gasteiger partial charge in [-0.3, -0.25) is 0 Å². The van der Waals surface area contributed by atoms with Gasteiger partial charge in [-0.25, -0.2) is 4.39 Å². The minimum Gasteiger partial charge on any atom is -0.496 e. The summed E-state index contributed by atoms with van der Waals surface area (Å²) >= 11 is 7.80. The summed E-state index contributed by atoms with van der Waals surface area (Å²) in [5.74, 6) is 0.525. The Morgan fingerprint density at radius 2 is 2.20 bits per heavy atom. The summed E-state index contributed by atoms with van der Waals surface area (Å²) in [4.78, 5) is 1.06. The molecule has 20 heavy (non-hydrogen) atoms. The molecule has 1 unspecified atom stereocenters. The molecule has 0 amide bonds. The fourth-order valence-corrected chi connectivity index (χ4v) is 3.15. The van der Waals surface area contributed by atoms with Crippen molar-refractivity contribution in [1.29, 1.82) is 0 Å². The van der Waals surface area contributed by atoms with Gasteiger partial charge in [0, 0.05) is 15.3 Å². The Morgan fingerprint density at radius 3 is 2.85 bits per heavy atom. The van der Waals surface area contributed by atoms with Crippen molar-refractivity contribution in [2.75, 3.05) is 13.7 Å². The van der Waals surface area contributed by atoms with Gasteiger partial charge in [0.25, 0.3) is 0 Å². The number of hydrogen-bond donors (Lipinski definition) is 1. The average molecular weight is 314 g/mol. The predicted molar refractivity (Wildman–Crippen MR) is 82.4 cm³/mol. The lowest BCUT2D eigenvalue weighted by Crippen LogP contribution is -2.22. The predicted octanol–water partition coefficient (Wildman–Crippen LogP) is 4.64. The molecule has 0 saturated heterocycles. The second kappa shape index (κ2) is 7.07. The quantitative estimate of drug-likeness (QED) is 0.839. The second-order valence-electron chi connectivity index (χ2n) is 4.44. The van der Waals surface area contributed by atoms with E-state index in [0.29, 0.717) is 5.02 Å². The normalized spacial score (nSPS) is 12.4. The Morgan fingerprint density at radius 1 is 1.40 bits per heavy atom. The van der Waals surface area contributed by atoms with E-state index in [2.05, 4.69) is 12.2 Å². The van der Waals surface area contributed by atoms with E-state index in [4.69, 9.17) is 16.3 Å². The van der Waals surface area contributed by atoms with Crippen LogP contribution in [-0.2, 0) is 0 Å². The highest BCUT2D eigenvalue weighted by Gasteiger charge is 2.19. The summed E-state index contributed by atoms with van der Waals surface area (Å²) in [5, 5.41) is 5.91. The maximum atomic E-state index is 13.5. The van der Waals surface area contributed by atoms with Gasteiger partial charge in [0.05, 0.1) is 13.2 Å². The third kappa shape index (κ3) is 3.51. The highest BCUT2D eigenvalue weighted by atomic mass is 35.5. The number of thiophene rings is 1. The zero-order valence-corrected chi connectivity index (χ0v) is 13.0. The minimum absolute atomic E-state index is 0.118. The summed E-state index contributed by atoms with van der Waals surface area (Å²) < 4.78 is 18.7. The van der Waals surface area contributed by atoms with Gasteiger partial charge in [0.1, 0.15) is 11.6 Å². The van der Waals surface area contributed by atoms with Crippen molar-refractivity contribution in [3.05, 3.63) is 50.9 Å². The lowest BCUT2D eigenvalue weighted by atomic mass is 10.0. The monoisotopic (exact) mass is 313 g/mol. The van der Waals surface area contributed by atoms with Gasteiger partial charge in [-0.1, -0.05) is 18.5 Å². The van der Waals surface area contributed by atoms with Gasteiger partial charge < -0.3 is 10.1 Å². The average Bonchev–Trinajstić information content (AvgIpc) is 2.92. The van der Waals surface area contributed by atoms with E-state index >= 15 is 0 Å². The van der Waals surface area contributed by atoms with Crippen LogP contribution >= 0.6 is 22.9 Å². The SMILES string of the molecule is CCCNC(c1cc(OC)cs1)c1cc(F)ccc1Cl. The van der Waals surface area contributed by atoms with Gasteiger partial charge in [0.15, 0.2) is 0 Å². The number of rotatable bonds is 6. The van der Waals surface area contributed by atoms with Crippen LogP contribution in [0.25, 0.3) is 0 Å². The van der Waals surface area contributed by atoms with Crippen molar-refractivity contribution in [3.63, 3.8) is 0 Å². The number of ether oxygens (including phenoxy) is 1. The van der Waals surface area contributed by atoms with E-state index in [9.17, 15) is 4.39 Å². The Balaban J connectivity index is 2.38. The van der Waals surface area contributed by atoms with Gasteiger partial charge in [-0.05, 0) is 42.8 Å². The van der Waals surface area contributed by atoms with Crippen molar-refractivity contribution in [2.45, 2.75) is 19.4 Å². The molecule has 108 valence electrons. The van der Waals surface area contributed by atoms with E-state index < -0.39 is 0 Å². The molecule has 0 radical (unpaired) electrons. The molecule has 0 bridgehead atoms. The van der Waals surface area contributed by atoms with Crippen LogP contribution in [0.4, 0.5) is 4.39 Å². The van der Waals surface area contributed by atoms with Gasteiger partial charge in [-0.15, -0.1) is 11.3 Å². The molecule has 1 aromatic carbocycles. The second-order valence-corrected chi connectivity index (χ2v) is 5.79. The molecule has 2 rings (SSSR count). The molecule has 0 fully saturated rings. The van der Waals surface area contributed by atoms with Gasteiger partial charge >= 0.3 is 0 Å². The Labute approximate surface area is 127 Å². The summed E-state index contributed by atoms with van der Waals surface area (Å²) in [6.45, 7) is 2.92. The van der Waals surface area contributed by atoms with Crippen LogP contribution < -0.4 is 10.1 Å². The van der Waals surface area contributed by atoms with Gasteiger partial charge in [-0.2, -0.15) is 0 Å². The number of benzene rings is 1. The fourth-order valence-electron chi connectivity index (χ4n) is 1.98. The van der Waals surface area contributed by atoms with E-state index in [0.717, 1.165) is 29.2 Å². The first kappa shape index (κ1) is 15.3. The Hall–Kier alpha value is -1.10. The molecule has 0 spiro atoms. The number of hydrogen-bond acceptors (Lipinski definition) is 3. The number of nitrogens with one attached hydrogen (secondary N) is 1. The fraction of sp³-hybridized carbons (Fsp3) is 0.333. The van der Waals surface area contributed by atoms with E-state index in [1.807, 2.05) is 11.4 Å². The van der Waals surface area contributed by atoms with E-state index in [1.54, 1.807) is 24.5 Å². The smallest absolute Gasteiger partial charge is 0.129 e. The Bertz CT molecular complexity index is 573. The zero-order valence-electron chi connectivity index (χ0n) is 11.5. The van der Waals surface area contributed by atoms with Crippen molar-refractivity contribution in [2.24, 2.45) is 0 Å². The molecule has 0 aliphatic heterocycles. The van der Waals surface area contributed by atoms with Crippen LogP contribution in [0.1, 0.15) is 29.8 Å². The number of methoxy groups -OCH3 is 1. The summed E-state index contributed by atoms with van der Waals surface area (Å²) in [6, 6.07) is 6.29. The lowest BCUT2D eigenvalue weighted by molar-refractivity contribution is 0.416. The molecule has 1 N–H and O–H groups in total. The topological polar surface area (TPSA) is 21.3 Å². The molecule has 5 heteroatoms. The maximum Gasteiger partial charge on any atom is 0.129 e. The molecule has 1 aromatic heterocycles. The van der Waals surface area contributed by atoms with Crippen molar-refractivity contribution < 1.29 is 9.13 Å². The van der Waals surface area contributed by atoms with Crippen LogP contribution in [0.3, 0.4) is 0 Å². The van der Waals surface area contributed by atoms with E-state index in [-0.39, 0.29) is 11.9 Å². The van der Waals surface area contributed by atoms with Crippen LogP contribution in [0.5, 0.6) is 5.75 Å². The zero-order chi connectivity index (χ0) is 14.5. The summed E-state index contributed by atoms with van der Waals surface area (Å²) in [7, 11) is 1.63. The summed E-state index contributed by atoms with van der Waals surface area (Å²) in [6.07, 6.45) is 0.992. The first-order chi connectivity index (χ1) is 9.65. The van der Waals surface area contributed by atoms with Crippen molar-refractivity contribution in [1.82, 2.24) is 5.32 Å². The third-order valence-electron chi connectivity index (χ3n) is 2.98. The lowest BCUT2D eigenvalue weighted by Gasteiger charge is -2.19. The number of halogens is 2. The highest BCUT2D eigenvalue weighted by molar-refractivity contribution is 7.10. The maximum absolute atomic E-state index is 13.5. The largest absolute Gasteiger partial charge is 0.496 e.